The van der Waals surface area contributed by atoms with Crippen LogP contribution >= 0.6 is 0 Å². The van der Waals surface area contributed by atoms with Crippen LogP contribution in [0.15, 0.2) is 36.5 Å². The first-order valence-electron chi connectivity index (χ1n) is 13.6. The number of amides is 2. The molecule has 2 amide bonds. The number of para-hydroxylation sites is 1. The molecule has 212 valence electrons. The standard InChI is InChI=1S/C30H42N4O5/c1-20-15-32(23(18-38-7)16-33(20)28(37)39-29(2,3)4)17-26(36)34-19-30(5,6)27-24(34)13-21(14-31-27)12-22-10-8-9-11-25(22)35/h8-11,13-14,20,23,35H,12,15-19H2,1-7H3/t20-,23-/m1/s1. The van der Waals surface area contributed by atoms with Gasteiger partial charge in [0.25, 0.3) is 0 Å². The Morgan fingerprint density at radius 1 is 1.18 bits per heavy atom. The summed E-state index contributed by atoms with van der Waals surface area (Å²) < 4.78 is 11.1. The molecule has 1 aromatic heterocycles. The average Bonchev–Trinajstić information content (AvgIpc) is 3.11. The SMILES string of the molecule is COC[C@H]1CN(C(=O)OC(C)(C)C)[C@H](C)CN1CC(=O)N1CC(C)(C)c2ncc(Cc3ccccc3O)cc21. The minimum Gasteiger partial charge on any atom is -0.508 e. The van der Waals surface area contributed by atoms with Crippen LogP contribution in [0.25, 0.3) is 0 Å². The number of hydrogen-bond donors (Lipinski definition) is 1. The molecule has 1 fully saturated rings. The predicted molar refractivity (Wildman–Crippen MR) is 150 cm³/mol. The maximum Gasteiger partial charge on any atom is 0.410 e. The molecule has 1 saturated heterocycles. The fourth-order valence-corrected chi connectivity index (χ4v) is 5.46. The Labute approximate surface area is 231 Å². The number of carbonyl (C=O) groups is 2. The summed E-state index contributed by atoms with van der Waals surface area (Å²) in [5, 5.41) is 10.2. The lowest BCUT2D eigenvalue weighted by molar-refractivity contribution is -0.121. The summed E-state index contributed by atoms with van der Waals surface area (Å²) in [6.45, 7) is 13.9. The zero-order valence-corrected chi connectivity index (χ0v) is 24.2. The van der Waals surface area contributed by atoms with Crippen LogP contribution in [0.1, 0.15) is 58.4 Å². The summed E-state index contributed by atoms with van der Waals surface area (Å²) in [4.78, 5) is 37.1. The second kappa shape index (κ2) is 11.1. The van der Waals surface area contributed by atoms with Crippen molar-refractivity contribution in [3.8, 4) is 5.75 Å². The molecule has 0 aliphatic carbocycles. The molecule has 9 nitrogen and oxygen atoms in total. The summed E-state index contributed by atoms with van der Waals surface area (Å²) in [5.41, 5.74) is 2.60. The largest absolute Gasteiger partial charge is 0.508 e. The number of fused-ring (bicyclic) bond motifs is 1. The second-order valence-corrected chi connectivity index (χ2v) is 12.4. The summed E-state index contributed by atoms with van der Waals surface area (Å²) in [6.07, 6.45) is 2.02. The monoisotopic (exact) mass is 538 g/mol. The number of pyridine rings is 1. The Kier molecular flexibility index (Phi) is 8.23. The van der Waals surface area contributed by atoms with Crippen LogP contribution in [-0.2, 0) is 26.1 Å². The lowest BCUT2D eigenvalue weighted by Crippen LogP contribution is -2.62. The molecule has 1 aromatic carbocycles. The van der Waals surface area contributed by atoms with Crippen LogP contribution in [0.4, 0.5) is 10.5 Å². The highest BCUT2D eigenvalue weighted by molar-refractivity contribution is 5.97. The van der Waals surface area contributed by atoms with E-state index in [9.17, 15) is 14.7 Å². The highest BCUT2D eigenvalue weighted by atomic mass is 16.6. The number of anilines is 1. The number of piperazine rings is 1. The molecular formula is C30H42N4O5. The van der Waals surface area contributed by atoms with E-state index in [0.29, 0.717) is 32.7 Å². The molecule has 0 spiro atoms. The zero-order valence-electron chi connectivity index (χ0n) is 24.2. The number of hydrogen-bond acceptors (Lipinski definition) is 7. The molecular weight excluding hydrogens is 496 g/mol. The fraction of sp³-hybridized carbons (Fsp3) is 0.567. The number of rotatable bonds is 6. The van der Waals surface area contributed by atoms with E-state index in [1.54, 1.807) is 24.1 Å². The topological polar surface area (TPSA) is 95.4 Å². The lowest BCUT2D eigenvalue weighted by atomic mass is 9.91. The third-order valence-electron chi connectivity index (χ3n) is 7.38. The predicted octanol–water partition coefficient (Wildman–Crippen LogP) is 3.96. The van der Waals surface area contributed by atoms with Crippen molar-refractivity contribution in [1.29, 1.82) is 0 Å². The number of ether oxygens (including phenoxy) is 2. The van der Waals surface area contributed by atoms with E-state index in [4.69, 9.17) is 14.5 Å². The van der Waals surface area contributed by atoms with E-state index in [1.807, 2.05) is 57.0 Å². The van der Waals surface area contributed by atoms with Crippen molar-refractivity contribution >= 4 is 17.7 Å². The Balaban J connectivity index is 1.52. The van der Waals surface area contributed by atoms with Gasteiger partial charge in [-0.25, -0.2) is 4.79 Å². The van der Waals surface area contributed by atoms with Crippen LogP contribution in [0, 0.1) is 0 Å². The number of phenols is 1. The highest BCUT2D eigenvalue weighted by Crippen LogP contribution is 2.40. The minimum absolute atomic E-state index is 0.0117. The number of nitrogens with zero attached hydrogens (tertiary/aromatic N) is 4. The molecule has 2 atom stereocenters. The van der Waals surface area contributed by atoms with Crippen molar-refractivity contribution in [2.45, 2.75) is 71.1 Å². The van der Waals surface area contributed by atoms with Gasteiger partial charge in [0.2, 0.25) is 5.91 Å². The van der Waals surface area contributed by atoms with Gasteiger partial charge in [0.15, 0.2) is 0 Å². The van der Waals surface area contributed by atoms with Crippen LogP contribution in [-0.4, -0.2) is 89.5 Å². The molecule has 2 aliphatic heterocycles. The number of phenolic OH excluding ortho intramolecular Hbond substituents is 1. The average molecular weight is 539 g/mol. The van der Waals surface area contributed by atoms with Gasteiger partial charge in [0.1, 0.15) is 11.4 Å². The molecule has 9 heteroatoms. The van der Waals surface area contributed by atoms with E-state index < -0.39 is 5.60 Å². The van der Waals surface area contributed by atoms with Crippen molar-refractivity contribution in [2.24, 2.45) is 0 Å². The van der Waals surface area contributed by atoms with Gasteiger partial charge < -0.3 is 24.4 Å². The van der Waals surface area contributed by atoms with E-state index in [-0.39, 0.29) is 41.8 Å². The lowest BCUT2D eigenvalue weighted by Gasteiger charge is -2.45. The van der Waals surface area contributed by atoms with Crippen LogP contribution in [0.2, 0.25) is 0 Å². The summed E-state index contributed by atoms with van der Waals surface area (Å²) >= 11 is 0. The Bertz CT molecular complexity index is 1210. The highest BCUT2D eigenvalue weighted by Gasteiger charge is 2.42. The maximum atomic E-state index is 13.8. The smallest absolute Gasteiger partial charge is 0.410 e. The zero-order chi connectivity index (χ0) is 28.5. The molecule has 0 bridgehead atoms. The molecule has 0 radical (unpaired) electrons. The molecule has 3 heterocycles. The van der Waals surface area contributed by atoms with Crippen LogP contribution < -0.4 is 4.90 Å². The Hall–Kier alpha value is -3.17. The first-order valence-corrected chi connectivity index (χ1v) is 13.6. The fourth-order valence-electron chi connectivity index (χ4n) is 5.46. The second-order valence-electron chi connectivity index (χ2n) is 12.4. The van der Waals surface area contributed by atoms with Gasteiger partial charge in [-0.1, -0.05) is 32.0 Å². The van der Waals surface area contributed by atoms with Gasteiger partial charge in [-0.15, -0.1) is 0 Å². The van der Waals surface area contributed by atoms with Crippen molar-refractivity contribution < 1.29 is 24.2 Å². The summed E-state index contributed by atoms with van der Waals surface area (Å²) in [6, 6.07) is 9.04. The quantitative estimate of drug-likeness (QED) is 0.595. The van der Waals surface area contributed by atoms with Crippen molar-refractivity contribution in [3.05, 3.63) is 53.3 Å². The van der Waals surface area contributed by atoms with E-state index in [0.717, 1.165) is 22.5 Å². The number of carbonyl (C=O) groups excluding carboxylic acids is 2. The molecule has 2 aliphatic rings. The van der Waals surface area contributed by atoms with Gasteiger partial charge in [-0.2, -0.15) is 0 Å². The van der Waals surface area contributed by atoms with E-state index in [2.05, 4.69) is 18.7 Å². The summed E-state index contributed by atoms with van der Waals surface area (Å²) in [5.74, 6) is 0.234. The molecule has 39 heavy (non-hydrogen) atoms. The van der Waals surface area contributed by atoms with E-state index >= 15 is 0 Å². The first kappa shape index (κ1) is 28.8. The summed E-state index contributed by atoms with van der Waals surface area (Å²) in [7, 11) is 1.63. The van der Waals surface area contributed by atoms with Crippen molar-refractivity contribution in [1.82, 2.24) is 14.8 Å². The normalized spacial score (nSPS) is 21.1. The third-order valence-corrected chi connectivity index (χ3v) is 7.38. The molecule has 1 N–H and O–H groups in total. The third kappa shape index (κ3) is 6.53. The maximum absolute atomic E-state index is 13.8. The number of aromatic hydroxyl groups is 1. The Morgan fingerprint density at radius 3 is 2.56 bits per heavy atom. The first-order chi connectivity index (χ1) is 18.3. The molecule has 2 aromatic rings. The van der Waals surface area contributed by atoms with Gasteiger partial charge in [-0.05, 0) is 51.0 Å². The van der Waals surface area contributed by atoms with Crippen LogP contribution in [0.3, 0.4) is 0 Å². The van der Waals surface area contributed by atoms with Gasteiger partial charge >= 0.3 is 6.09 Å². The number of benzene rings is 1. The number of methoxy groups -OCH3 is 1. The van der Waals surface area contributed by atoms with E-state index in [1.165, 1.54) is 0 Å². The van der Waals surface area contributed by atoms with Gasteiger partial charge in [0, 0.05) is 50.8 Å². The van der Waals surface area contributed by atoms with Gasteiger partial charge in [0.05, 0.1) is 30.6 Å². The molecule has 0 saturated carbocycles. The van der Waals surface area contributed by atoms with Crippen molar-refractivity contribution in [2.75, 3.05) is 44.8 Å². The molecule has 4 rings (SSSR count). The van der Waals surface area contributed by atoms with Crippen LogP contribution in [0.5, 0.6) is 5.75 Å². The number of aromatic nitrogens is 1. The minimum atomic E-state index is -0.581. The van der Waals surface area contributed by atoms with Crippen molar-refractivity contribution in [3.63, 3.8) is 0 Å². The van der Waals surface area contributed by atoms with Gasteiger partial charge in [-0.3, -0.25) is 14.7 Å². The Morgan fingerprint density at radius 2 is 1.90 bits per heavy atom. The molecule has 0 unspecified atom stereocenters.